The molecule has 0 unspecified atom stereocenters. The summed E-state index contributed by atoms with van der Waals surface area (Å²) in [7, 11) is 0. The van der Waals surface area contributed by atoms with E-state index in [0.717, 1.165) is 29.9 Å². The molecule has 0 saturated carbocycles. The highest BCUT2D eigenvalue weighted by Crippen LogP contribution is 2.44. The van der Waals surface area contributed by atoms with E-state index in [2.05, 4.69) is 10.6 Å². The minimum absolute atomic E-state index is 0.0132. The SMILES string of the molecule is O=C(CN1c2ccccc2NC2=C(C(=O)CCC2)[C@H]1c1ccco1)Nc1ccccc1Cl. The van der Waals surface area contributed by atoms with Gasteiger partial charge in [-0.2, -0.15) is 0 Å². The van der Waals surface area contributed by atoms with Gasteiger partial charge in [-0.3, -0.25) is 9.59 Å². The number of nitrogens with one attached hydrogen (secondary N) is 2. The van der Waals surface area contributed by atoms with Crippen molar-refractivity contribution in [1.82, 2.24) is 0 Å². The summed E-state index contributed by atoms with van der Waals surface area (Å²) in [6.45, 7) is 0.0132. The number of hydrogen-bond donors (Lipinski definition) is 2. The quantitative estimate of drug-likeness (QED) is 0.548. The van der Waals surface area contributed by atoms with Crippen molar-refractivity contribution in [2.45, 2.75) is 25.3 Å². The number of ketones is 1. The maximum absolute atomic E-state index is 13.1. The lowest BCUT2D eigenvalue weighted by molar-refractivity contribution is -0.117. The number of allylic oxidation sites excluding steroid dienone is 1. The van der Waals surface area contributed by atoms with Crippen molar-refractivity contribution in [1.29, 1.82) is 0 Å². The molecule has 0 fully saturated rings. The first-order valence-corrected chi connectivity index (χ1v) is 11.0. The van der Waals surface area contributed by atoms with Gasteiger partial charge in [0.1, 0.15) is 11.8 Å². The first-order valence-electron chi connectivity index (χ1n) is 10.6. The minimum atomic E-state index is -0.513. The fourth-order valence-electron chi connectivity index (χ4n) is 4.42. The number of furan rings is 1. The van der Waals surface area contributed by atoms with Gasteiger partial charge in [0.05, 0.1) is 34.9 Å². The number of Topliss-reactive ketones (excluding diaryl/α,β-unsaturated/α-hetero) is 1. The lowest BCUT2D eigenvalue weighted by atomic mass is 9.88. The van der Waals surface area contributed by atoms with Crippen molar-refractivity contribution in [3.8, 4) is 0 Å². The molecule has 0 saturated heterocycles. The number of fused-ring (bicyclic) bond motifs is 1. The van der Waals surface area contributed by atoms with Crippen LogP contribution in [0.15, 0.2) is 82.6 Å². The molecule has 2 heterocycles. The van der Waals surface area contributed by atoms with Crippen molar-refractivity contribution < 1.29 is 14.0 Å². The number of rotatable bonds is 4. The van der Waals surface area contributed by atoms with Gasteiger partial charge in [-0.1, -0.05) is 35.9 Å². The highest BCUT2D eigenvalue weighted by molar-refractivity contribution is 6.33. The van der Waals surface area contributed by atoms with Gasteiger partial charge < -0.3 is 20.0 Å². The first kappa shape index (κ1) is 20.4. The van der Waals surface area contributed by atoms with Gasteiger partial charge in [0.25, 0.3) is 0 Å². The van der Waals surface area contributed by atoms with Crippen LogP contribution in [-0.4, -0.2) is 18.2 Å². The van der Waals surface area contributed by atoms with Gasteiger partial charge >= 0.3 is 0 Å². The van der Waals surface area contributed by atoms with Crippen molar-refractivity contribution in [2.75, 3.05) is 22.1 Å². The summed E-state index contributed by atoms with van der Waals surface area (Å²) in [4.78, 5) is 28.2. The fourth-order valence-corrected chi connectivity index (χ4v) is 4.61. The van der Waals surface area contributed by atoms with Crippen LogP contribution in [0.5, 0.6) is 0 Å². The molecule has 0 bridgehead atoms. The molecule has 1 atom stereocenters. The molecule has 5 rings (SSSR count). The molecule has 32 heavy (non-hydrogen) atoms. The molecule has 162 valence electrons. The summed E-state index contributed by atoms with van der Waals surface area (Å²) in [6, 6.07) is 18.0. The second kappa shape index (κ2) is 8.55. The second-order valence-corrected chi connectivity index (χ2v) is 8.29. The molecular formula is C25H22ClN3O3. The van der Waals surface area contributed by atoms with Gasteiger partial charge in [0.15, 0.2) is 5.78 Å². The Morgan fingerprint density at radius 1 is 1.09 bits per heavy atom. The molecule has 7 heteroatoms. The maximum Gasteiger partial charge on any atom is 0.243 e. The average Bonchev–Trinajstić information content (AvgIpc) is 3.27. The highest BCUT2D eigenvalue weighted by atomic mass is 35.5. The van der Waals surface area contributed by atoms with E-state index in [-0.39, 0.29) is 18.2 Å². The molecule has 1 aliphatic carbocycles. The fraction of sp³-hybridized carbons (Fsp3) is 0.200. The van der Waals surface area contributed by atoms with Crippen LogP contribution < -0.4 is 15.5 Å². The van der Waals surface area contributed by atoms with E-state index in [4.69, 9.17) is 16.0 Å². The van der Waals surface area contributed by atoms with Crippen LogP contribution in [0.2, 0.25) is 5.02 Å². The summed E-state index contributed by atoms with van der Waals surface area (Å²) in [5, 5.41) is 6.83. The van der Waals surface area contributed by atoms with Gasteiger partial charge in [-0.05, 0) is 49.2 Å². The predicted molar refractivity (Wildman–Crippen MR) is 125 cm³/mol. The average molecular weight is 448 g/mol. The zero-order chi connectivity index (χ0) is 22.1. The molecule has 2 aliphatic rings. The highest BCUT2D eigenvalue weighted by Gasteiger charge is 2.38. The molecule has 1 aromatic heterocycles. The number of carbonyl (C=O) groups excluding carboxylic acids is 2. The Hall–Kier alpha value is -3.51. The van der Waals surface area contributed by atoms with Gasteiger partial charge in [0, 0.05) is 17.7 Å². The molecular weight excluding hydrogens is 426 g/mol. The number of nitrogens with zero attached hydrogens (tertiary/aromatic N) is 1. The zero-order valence-corrected chi connectivity index (χ0v) is 18.1. The third-order valence-corrected chi connectivity index (χ3v) is 6.14. The number of amides is 1. The third-order valence-electron chi connectivity index (χ3n) is 5.81. The molecule has 1 amide bonds. The van der Waals surface area contributed by atoms with Crippen molar-refractivity contribution in [3.63, 3.8) is 0 Å². The molecule has 1 aliphatic heterocycles. The Bertz CT molecular complexity index is 1200. The maximum atomic E-state index is 13.1. The lowest BCUT2D eigenvalue weighted by Gasteiger charge is -2.33. The number of para-hydroxylation sites is 3. The first-order chi connectivity index (χ1) is 15.6. The van der Waals surface area contributed by atoms with E-state index in [1.165, 1.54) is 0 Å². The van der Waals surface area contributed by atoms with Gasteiger partial charge in [-0.25, -0.2) is 0 Å². The molecule has 2 aromatic carbocycles. The Kier molecular flexibility index (Phi) is 5.45. The number of benzene rings is 2. The second-order valence-electron chi connectivity index (χ2n) is 7.88. The standard InChI is InChI=1S/C25H22ClN3O3/c26-16-7-1-2-8-17(16)28-23(31)15-29-20-11-4-3-9-18(20)27-19-10-5-12-21(30)24(19)25(29)22-13-6-14-32-22/h1-4,6-9,11,13-14,25,27H,5,10,12,15H2,(H,28,31)/t25-/m1/s1. The number of anilines is 3. The van der Waals surface area contributed by atoms with Crippen molar-refractivity contribution in [2.24, 2.45) is 0 Å². The van der Waals surface area contributed by atoms with Crippen molar-refractivity contribution >= 4 is 40.4 Å². The molecule has 2 N–H and O–H groups in total. The summed E-state index contributed by atoms with van der Waals surface area (Å²) < 4.78 is 5.78. The normalized spacial score (nSPS) is 17.8. The lowest BCUT2D eigenvalue weighted by Crippen LogP contribution is -2.38. The van der Waals surface area contributed by atoms with Crippen LogP contribution in [0.3, 0.4) is 0 Å². The molecule has 0 spiro atoms. The smallest absolute Gasteiger partial charge is 0.243 e. The monoisotopic (exact) mass is 447 g/mol. The van der Waals surface area contributed by atoms with E-state index < -0.39 is 6.04 Å². The summed E-state index contributed by atoms with van der Waals surface area (Å²) in [5.41, 5.74) is 3.78. The molecule has 3 aromatic rings. The summed E-state index contributed by atoms with van der Waals surface area (Å²) in [6.07, 6.45) is 3.64. The van der Waals surface area contributed by atoms with Crippen molar-refractivity contribution in [3.05, 3.63) is 89.0 Å². The minimum Gasteiger partial charge on any atom is -0.467 e. The Labute approximate surface area is 190 Å². The Morgan fingerprint density at radius 3 is 2.72 bits per heavy atom. The number of hydrogen-bond acceptors (Lipinski definition) is 5. The van der Waals surface area contributed by atoms with Gasteiger partial charge in [-0.15, -0.1) is 0 Å². The number of halogens is 1. The van der Waals surface area contributed by atoms with Crippen LogP contribution in [0.25, 0.3) is 0 Å². The van der Waals surface area contributed by atoms with Crippen LogP contribution in [-0.2, 0) is 9.59 Å². The Balaban J connectivity index is 1.59. The van der Waals surface area contributed by atoms with E-state index in [0.29, 0.717) is 28.5 Å². The van der Waals surface area contributed by atoms with Crippen LogP contribution in [0.1, 0.15) is 31.1 Å². The summed E-state index contributed by atoms with van der Waals surface area (Å²) in [5.74, 6) is 0.457. The molecule has 6 nitrogen and oxygen atoms in total. The van der Waals surface area contributed by atoms with Crippen LogP contribution in [0.4, 0.5) is 17.1 Å². The molecule has 0 radical (unpaired) electrons. The van der Waals surface area contributed by atoms with E-state index in [9.17, 15) is 9.59 Å². The predicted octanol–water partition coefficient (Wildman–Crippen LogP) is 5.55. The zero-order valence-electron chi connectivity index (χ0n) is 17.3. The number of carbonyl (C=O) groups is 2. The van der Waals surface area contributed by atoms with E-state index in [1.54, 1.807) is 24.5 Å². The Morgan fingerprint density at radius 2 is 1.91 bits per heavy atom. The topological polar surface area (TPSA) is 74.6 Å². The van der Waals surface area contributed by atoms with Crippen LogP contribution in [0, 0.1) is 0 Å². The van der Waals surface area contributed by atoms with Crippen LogP contribution >= 0.6 is 11.6 Å². The van der Waals surface area contributed by atoms with E-state index >= 15 is 0 Å². The van der Waals surface area contributed by atoms with Gasteiger partial charge in [0.2, 0.25) is 5.91 Å². The summed E-state index contributed by atoms with van der Waals surface area (Å²) >= 11 is 6.23. The van der Waals surface area contributed by atoms with E-state index in [1.807, 2.05) is 47.4 Å². The third kappa shape index (κ3) is 3.78. The largest absolute Gasteiger partial charge is 0.467 e.